The fourth-order valence-corrected chi connectivity index (χ4v) is 2.60. The van der Waals surface area contributed by atoms with Gasteiger partial charge in [-0.3, -0.25) is 0 Å². The summed E-state index contributed by atoms with van der Waals surface area (Å²) in [5, 5.41) is 2.43. The average molecular weight is 287 g/mol. The molecule has 0 unspecified atom stereocenters. The van der Waals surface area contributed by atoms with Crippen LogP contribution in [0.15, 0.2) is 54.6 Å². The van der Waals surface area contributed by atoms with Gasteiger partial charge in [-0.2, -0.15) is 0 Å². The van der Waals surface area contributed by atoms with Crippen molar-refractivity contribution < 1.29 is 9.13 Å². The van der Waals surface area contributed by atoms with E-state index in [9.17, 15) is 4.39 Å². The Bertz CT molecular complexity index is 763. The third kappa shape index (κ3) is 2.12. The minimum atomic E-state index is -0.355. The van der Waals surface area contributed by atoms with Gasteiger partial charge in [0.15, 0.2) is 0 Å². The molecule has 0 N–H and O–H groups in total. The molecule has 0 saturated carbocycles. The summed E-state index contributed by atoms with van der Waals surface area (Å²) in [5.74, 6) is 0.252. The van der Waals surface area contributed by atoms with Gasteiger partial charge in [0.05, 0.1) is 12.1 Å². The summed E-state index contributed by atoms with van der Waals surface area (Å²) in [6.45, 7) is 0. The summed E-state index contributed by atoms with van der Waals surface area (Å²) in [6.07, 6.45) is 0. The lowest BCUT2D eigenvalue weighted by Crippen LogP contribution is -1.92. The molecule has 3 aromatic rings. The molecule has 0 atom stereocenters. The van der Waals surface area contributed by atoms with E-state index in [1.54, 1.807) is 19.2 Å². The highest BCUT2D eigenvalue weighted by Gasteiger charge is 2.15. The summed E-state index contributed by atoms with van der Waals surface area (Å²) in [4.78, 5) is 0. The molecule has 3 aromatic carbocycles. The van der Waals surface area contributed by atoms with E-state index in [1.165, 1.54) is 6.07 Å². The van der Waals surface area contributed by atoms with Gasteiger partial charge in [0.1, 0.15) is 11.6 Å². The summed E-state index contributed by atoms with van der Waals surface area (Å²) in [5.41, 5.74) is 1.03. The van der Waals surface area contributed by atoms with Gasteiger partial charge in [-0.25, -0.2) is 4.39 Å². The topological polar surface area (TPSA) is 9.23 Å². The molecule has 3 rings (SSSR count). The maximum absolute atomic E-state index is 14.1. The number of ether oxygens (including phenoxy) is 1. The average Bonchev–Trinajstić information content (AvgIpc) is 2.46. The molecule has 0 heterocycles. The number of methoxy groups -OCH3 is 1. The van der Waals surface area contributed by atoms with Crippen LogP contribution in [-0.4, -0.2) is 7.11 Å². The van der Waals surface area contributed by atoms with Crippen LogP contribution in [0.4, 0.5) is 4.39 Å². The lowest BCUT2D eigenvalue weighted by molar-refractivity contribution is 0.417. The van der Waals surface area contributed by atoms with Crippen LogP contribution in [-0.2, 0) is 0 Å². The maximum atomic E-state index is 14.1. The van der Waals surface area contributed by atoms with E-state index in [-0.39, 0.29) is 5.82 Å². The predicted molar refractivity (Wildman–Crippen MR) is 80.9 cm³/mol. The first-order chi connectivity index (χ1) is 9.70. The highest BCUT2D eigenvalue weighted by Crippen LogP contribution is 2.39. The van der Waals surface area contributed by atoms with Gasteiger partial charge in [0.25, 0.3) is 0 Å². The molecule has 0 radical (unpaired) electrons. The van der Waals surface area contributed by atoms with E-state index in [0.29, 0.717) is 21.9 Å². The molecule has 0 aliphatic carbocycles. The second kappa shape index (κ2) is 5.14. The summed E-state index contributed by atoms with van der Waals surface area (Å²) < 4.78 is 19.5. The van der Waals surface area contributed by atoms with Crippen molar-refractivity contribution in [3.8, 4) is 16.9 Å². The Morgan fingerprint density at radius 1 is 0.950 bits per heavy atom. The number of fused-ring (bicyclic) bond motifs is 1. The van der Waals surface area contributed by atoms with Gasteiger partial charge in [-0.05, 0) is 35.0 Å². The number of hydrogen-bond acceptors (Lipinski definition) is 1. The van der Waals surface area contributed by atoms with Gasteiger partial charge in [-0.15, -0.1) is 0 Å². The van der Waals surface area contributed by atoms with Crippen molar-refractivity contribution >= 4 is 22.4 Å². The van der Waals surface area contributed by atoms with Gasteiger partial charge in [0.2, 0.25) is 0 Å². The third-order valence-corrected chi connectivity index (χ3v) is 3.61. The predicted octanol–water partition coefficient (Wildman–Crippen LogP) is 5.31. The van der Waals surface area contributed by atoms with E-state index in [4.69, 9.17) is 16.3 Å². The van der Waals surface area contributed by atoms with Crippen LogP contribution in [0.2, 0.25) is 5.02 Å². The normalized spacial score (nSPS) is 10.8. The van der Waals surface area contributed by atoms with Gasteiger partial charge >= 0.3 is 0 Å². The van der Waals surface area contributed by atoms with Crippen LogP contribution in [0.3, 0.4) is 0 Å². The first-order valence-corrected chi connectivity index (χ1v) is 6.59. The van der Waals surface area contributed by atoms with E-state index in [1.807, 2.05) is 36.4 Å². The fourth-order valence-electron chi connectivity index (χ4n) is 2.34. The van der Waals surface area contributed by atoms with Gasteiger partial charge in [-0.1, -0.05) is 41.9 Å². The molecule has 0 aromatic heterocycles. The SMILES string of the molecule is COc1cc2ccccc2cc1-c1c(F)cccc1Cl. The van der Waals surface area contributed by atoms with Crippen molar-refractivity contribution in [3.63, 3.8) is 0 Å². The minimum Gasteiger partial charge on any atom is -0.496 e. The van der Waals surface area contributed by atoms with Crippen LogP contribution in [0, 0.1) is 5.82 Å². The van der Waals surface area contributed by atoms with Crippen molar-refractivity contribution in [2.45, 2.75) is 0 Å². The Labute approximate surface area is 121 Å². The standard InChI is InChI=1S/C17H12ClFO/c1-20-16-10-12-6-3-2-5-11(12)9-13(16)17-14(18)7-4-8-15(17)19/h2-10H,1H3. The zero-order valence-corrected chi connectivity index (χ0v) is 11.6. The van der Waals surface area contributed by atoms with Gasteiger partial charge < -0.3 is 4.74 Å². The highest BCUT2D eigenvalue weighted by atomic mass is 35.5. The van der Waals surface area contributed by atoms with Crippen LogP contribution in [0.1, 0.15) is 0 Å². The monoisotopic (exact) mass is 286 g/mol. The van der Waals surface area contributed by atoms with Crippen LogP contribution < -0.4 is 4.74 Å². The van der Waals surface area contributed by atoms with Crippen molar-refractivity contribution in [2.75, 3.05) is 7.11 Å². The Hall–Kier alpha value is -2.06. The van der Waals surface area contributed by atoms with Crippen molar-refractivity contribution in [1.29, 1.82) is 0 Å². The number of halogens is 2. The summed E-state index contributed by atoms with van der Waals surface area (Å²) in [6, 6.07) is 16.3. The number of rotatable bonds is 2. The van der Waals surface area contributed by atoms with E-state index in [0.717, 1.165) is 10.8 Å². The second-order valence-electron chi connectivity index (χ2n) is 4.50. The lowest BCUT2D eigenvalue weighted by Gasteiger charge is -2.12. The van der Waals surface area contributed by atoms with Crippen molar-refractivity contribution in [3.05, 3.63) is 65.4 Å². The lowest BCUT2D eigenvalue weighted by atomic mass is 9.99. The highest BCUT2D eigenvalue weighted by molar-refractivity contribution is 6.33. The molecular weight excluding hydrogens is 275 g/mol. The van der Waals surface area contributed by atoms with E-state index in [2.05, 4.69) is 0 Å². The quantitative estimate of drug-likeness (QED) is 0.620. The fraction of sp³-hybridized carbons (Fsp3) is 0.0588. The molecule has 0 amide bonds. The third-order valence-electron chi connectivity index (χ3n) is 3.30. The molecule has 0 bridgehead atoms. The molecule has 3 heteroatoms. The molecule has 20 heavy (non-hydrogen) atoms. The second-order valence-corrected chi connectivity index (χ2v) is 4.90. The first kappa shape index (κ1) is 12.9. The summed E-state index contributed by atoms with van der Waals surface area (Å²) in [7, 11) is 1.57. The summed E-state index contributed by atoms with van der Waals surface area (Å²) >= 11 is 6.15. The van der Waals surface area contributed by atoms with Crippen LogP contribution in [0.5, 0.6) is 5.75 Å². The molecule has 100 valence electrons. The largest absolute Gasteiger partial charge is 0.496 e. The number of benzene rings is 3. The first-order valence-electron chi connectivity index (χ1n) is 6.22. The van der Waals surface area contributed by atoms with Crippen LogP contribution >= 0.6 is 11.6 Å². The molecule has 0 aliphatic heterocycles. The Balaban J connectivity index is 2.35. The van der Waals surface area contributed by atoms with Crippen LogP contribution in [0.25, 0.3) is 21.9 Å². The smallest absolute Gasteiger partial charge is 0.132 e. The van der Waals surface area contributed by atoms with Crippen molar-refractivity contribution in [2.24, 2.45) is 0 Å². The molecule has 0 fully saturated rings. The minimum absolute atomic E-state index is 0.355. The number of hydrogen-bond donors (Lipinski definition) is 0. The maximum Gasteiger partial charge on any atom is 0.132 e. The zero-order valence-electron chi connectivity index (χ0n) is 10.9. The molecule has 0 saturated heterocycles. The molecule has 0 aliphatic rings. The Morgan fingerprint density at radius 3 is 2.30 bits per heavy atom. The molecule has 1 nitrogen and oxygen atoms in total. The molecule has 0 spiro atoms. The zero-order chi connectivity index (χ0) is 14.1. The Morgan fingerprint density at radius 2 is 1.65 bits per heavy atom. The van der Waals surface area contributed by atoms with E-state index >= 15 is 0 Å². The molecular formula is C17H12ClFO. The van der Waals surface area contributed by atoms with Gasteiger partial charge in [0, 0.05) is 11.1 Å². The van der Waals surface area contributed by atoms with E-state index < -0.39 is 0 Å². The Kier molecular flexibility index (Phi) is 3.33. The van der Waals surface area contributed by atoms with Crippen molar-refractivity contribution in [1.82, 2.24) is 0 Å².